The summed E-state index contributed by atoms with van der Waals surface area (Å²) < 4.78 is 10.5. The molecule has 0 heterocycles. The van der Waals surface area contributed by atoms with Gasteiger partial charge in [-0.3, -0.25) is 4.79 Å². The molecule has 0 fully saturated rings. The van der Waals surface area contributed by atoms with Gasteiger partial charge in [0.1, 0.15) is 11.5 Å². The number of hydrogen-bond donors (Lipinski definition) is 1. The third-order valence-corrected chi connectivity index (χ3v) is 4.19. The molecule has 0 aliphatic heterocycles. The van der Waals surface area contributed by atoms with Crippen molar-refractivity contribution in [2.24, 2.45) is 5.10 Å². The van der Waals surface area contributed by atoms with E-state index in [1.54, 1.807) is 14.0 Å². The molecule has 132 valence electrons. The van der Waals surface area contributed by atoms with Gasteiger partial charge in [0.15, 0.2) is 6.61 Å². The lowest BCUT2D eigenvalue weighted by Crippen LogP contribution is -2.25. The highest BCUT2D eigenvalue weighted by atomic mass is 35.5. The van der Waals surface area contributed by atoms with Crippen LogP contribution in [0.5, 0.6) is 11.5 Å². The molecule has 8 heteroatoms. The van der Waals surface area contributed by atoms with Crippen molar-refractivity contribution in [1.82, 2.24) is 5.43 Å². The summed E-state index contributed by atoms with van der Waals surface area (Å²) in [4.78, 5) is 11.9. The maximum Gasteiger partial charge on any atom is 0.277 e. The van der Waals surface area contributed by atoms with Crippen LogP contribution < -0.4 is 14.9 Å². The van der Waals surface area contributed by atoms with Gasteiger partial charge in [-0.1, -0.05) is 46.9 Å². The third kappa shape index (κ3) is 5.53. The standard InChI is InChI=1S/C17H15Cl3N2O3/c1-10(11-4-3-5-12(6-11)24-2)21-22-17(23)9-25-16-8-14(19)13(18)7-15(16)20/h3-8H,9H2,1-2H3,(H,22,23). The Balaban J connectivity index is 1.95. The minimum Gasteiger partial charge on any atom is -0.497 e. The van der Waals surface area contributed by atoms with Crippen LogP contribution >= 0.6 is 34.8 Å². The number of amides is 1. The van der Waals surface area contributed by atoms with E-state index in [9.17, 15) is 4.79 Å². The van der Waals surface area contributed by atoms with E-state index in [2.05, 4.69) is 10.5 Å². The van der Waals surface area contributed by atoms with Crippen LogP contribution in [0.1, 0.15) is 12.5 Å². The molecule has 0 aliphatic carbocycles. The summed E-state index contributed by atoms with van der Waals surface area (Å²) in [6.45, 7) is 1.50. The molecule has 0 aliphatic rings. The maximum atomic E-state index is 11.9. The van der Waals surface area contributed by atoms with E-state index in [0.717, 1.165) is 5.56 Å². The zero-order valence-electron chi connectivity index (χ0n) is 13.5. The number of carbonyl (C=O) groups is 1. The summed E-state index contributed by atoms with van der Waals surface area (Å²) in [6, 6.07) is 10.2. The van der Waals surface area contributed by atoms with E-state index in [1.165, 1.54) is 12.1 Å². The van der Waals surface area contributed by atoms with Gasteiger partial charge in [0.05, 0.1) is 27.9 Å². The fourth-order valence-corrected chi connectivity index (χ4v) is 2.44. The molecule has 0 unspecified atom stereocenters. The first-order valence-electron chi connectivity index (χ1n) is 7.15. The number of rotatable bonds is 6. The number of nitrogens with zero attached hydrogens (tertiary/aromatic N) is 1. The normalized spacial score (nSPS) is 11.2. The molecule has 2 aromatic carbocycles. The molecule has 0 spiro atoms. The Bertz CT molecular complexity index is 810. The van der Waals surface area contributed by atoms with Crippen molar-refractivity contribution in [1.29, 1.82) is 0 Å². The number of methoxy groups -OCH3 is 1. The molecular formula is C17H15Cl3N2O3. The van der Waals surface area contributed by atoms with E-state index in [-0.39, 0.29) is 22.4 Å². The molecule has 2 aromatic rings. The number of hydrogen-bond acceptors (Lipinski definition) is 4. The van der Waals surface area contributed by atoms with Gasteiger partial charge in [-0.15, -0.1) is 0 Å². The highest BCUT2D eigenvalue weighted by Gasteiger charge is 2.09. The first kappa shape index (κ1) is 19.4. The quantitative estimate of drug-likeness (QED) is 0.438. The van der Waals surface area contributed by atoms with Gasteiger partial charge in [0.2, 0.25) is 0 Å². The fourth-order valence-electron chi connectivity index (χ4n) is 1.85. The lowest BCUT2D eigenvalue weighted by atomic mass is 10.1. The average molecular weight is 402 g/mol. The largest absolute Gasteiger partial charge is 0.497 e. The lowest BCUT2D eigenvalue weighted by molar-refractivity contribution is -0.123. The monoisotopic (exact) mass is 400 g/mol. The van der Waals surface area contributed by atoms with E-state index < -0.39 is 5.91 Å². The van der Waals surface area contributed by atoms with Gasteiger partial charge < -0.3 is 9.47 Å². The summed E-state index contributed by atoms with van der Waals surface area (Å²) in [6.07, 6.45) is 0. The maximum absolute atomic E-state index is 11.9. The Labute approximate surface area is 160 Å². The number of hydrazone groups is 1. The van der Waals surface area contributed by atoms with Gasteiger partial charge >= 0.3 is 0 Å². The van der Waals surface area contributed by atoms with Gasteiger partial charge in [-0.25, -0.2) is 5.43 Å². The van der Waals surface area contributed by atoms with Crippen LogP contribution in [0.3, 0.4) is 0 Å². The molecule has 0 bridgehead atoms. The zero-order chi connectivity index (χ0) is 18.4. The summed E-state index contributed by atoms with van der Waals surface area (Å²) in [5.74, 6) is 0.528. The van der Waals surface area contributed by atoms with Crippen molar-refractivity contribution in [3.05, 3.63) is 57.0 Å². The van der Waals surface area contributed by atoms with E-state index in [4.69, 9.17) is 44.3 Å². The van der Waals surface area contributed by atoms with Gasteiger partial charge in [-0.2, -0.15) is 5.10 Å². The smallest absolute Gasteiger partial charge is 0.277 e. The predicted molar refractivity (Wildman–Crippen MR) is 100 cm³/mol. The Kier molecular flexibility index (Phi) is 6.93. The molecule has 25 heavy (non-hydrogen) atoms. The van der Waals surface area contributed by atoms with Gasteiger partial charge in [0, 0.05) is 11.6 Å². The Morgan fingerprint density at radius 3 is 2.56 bits per heavy atom. The molecule has 1 amide bonds. The van der Waals surface area contributed by atoms with Crippen molar-refractivity contribution in [3.63, 3.8) is 0 Å². The van der Waals surface area contributed by atoms with Crippen LogP contribution in [0.15, 0.2) is 41.5 Å². The minimum atomic E-state index is -0.440. The number of carbonyl (C=O) groups excluding carboxylic acids is 1. The molecule has 5 nitrogen and oxygen atoms in total. The highest BCUT2D eigenvalue weighted by Crippen LogP contribution is 2.33. The Morgan fingerprint density at radius 2 is 1.84 bits per heavy atom. The van der Waals surface area contributed by atoms with Crippen LogP contribution in [0.2, 0.25) is 15.1 Å². The summed E-state index contributed by atoms with van der Waals surface area (Å²) in [5, 5.41) is 4.89. The van der Waals surface area contributed by atoms with E-state index >= 15 is 0 Å². The summed E-state index contributed by atoms with van der Waals surface area (Å²) in [7, 11) is 1.58. The molecule has 1 N–H and O–H groups in total. The Morgan fingerprint density at radius 1 is 1.12 bits per heavy atom. The molecular weight excluding hydrogens is 387 g/mol. The first-order valence-corrected chi connectivity index (χ1v) is 8.29. The minimum absolute atomic E-state index is 0.262. The summed E-state index contributed by atoms with van der Waals surface area (Å²) >= 11 is 17.7. The second-order valence-corrected chi connectivity index (χ2v) is 6.17. The topological polar surface area (TPSA) is 59.9 Å². The van der Waals surface area contributed by atoms with Crippen LogP contribution in [-0.2, 0) is 4.79 Å². The van der Waals surface area contributed by atoms with E-state index in [1.807, 2.05) is 24.3 Å². The number of nitrogens with one attached hydrogen (secondary N) is 1. The molecule has 0 aromatic heterocycles. The Hall–Kier alpha value is -1.95. The summed E-state index contributed by atoms with van der Waals surface area (Å²) in [5.41, 5.74) is 3.87. The molecule has 0 radical (unpaired) electrons. The second-order valence-electron chi connectivity index (χ2n) is 4.95. The van der Waals surface area contributed by atoms with E-state index in [0.29, 0.717) is 16.5 Å². The third-order valence-electron chi connectivity index (χ3n) is 3.17. The average Bonchev–Trinajstić information content (AvgIpc) is 2.61. The molecule has 0 atom stereocenters. The van der Waals surface area contributed by atoms with Crippen LogP contribution in [0.4, 0.5) is 0 Å². The SMILES string of the molecule is COc1cccc(C(C)=NNC(=O)COc2cc(Cl)c(Cl)cc2Cl)c1. The van der Waals surface area contributed by atoms with Crippen molar-refractivity contribution < 1.29 is 14.3 Å². The number of ether oxygens (including phenoxy) is 2. The number of halogens is 3. The van der Waals surface area contributed by atoms with Crippen LogP contribution in [0.25, 0.3) is 0 Å². The van der Waals surface area contributed by atoms with Crippen molar-refractivity contribution in [3.8, 4) is 11.5 Å². The van der Waals surface area contributed by atoms with Crippen molar-refractivity contribution in [2.75, 3.05) is 13.7 Å². The van der Waals surface area contributed by atoms with Crippen molar-refractivity contribution in [2.45, 2.75) is 6.92 Å². The first-order chi connectivity index (χ1) is 11.9. The lowest BCUT2D eigenvalue weighted by Gasteiger charge is -2.09. The highest BCUT2D eigenvalue weighted by molar-refractivity contribution is 6.43. The van der Waals surface area contributed by atoms with Crippen molar-refractivity contribution >= 4 is 46.4 Å². The molecule has 2 rings (SSSR count). The number of benzene rings is 2. The van der Waals surface area contributed by atoms with Crippen LogP contribution in [0, 0.1) is 0 Å². The zero-order valence-corrected chi connectivity index (χ0v) is 15.7. The molecule has 0 saturated heterocycles. The van der Waals surface area contributed by atoms with Gasteiger partial charge in [0.25, 0.3) is 5.91 Å². The van der Waals surface area contributed by atoms with Gasteiger partial charge in [-0.05, 0) is 25.1 Å². The molecule has 0 saturated carbocycles. The fraction of sp³-hybridized carbons (Fsp3) is 0.176. The predicted octanol–water partition coefficient (Wildman–Crippen LogP) is 4.57. The van der Waals surface area contributed by atoms with Crippen LogP contribution in [-0.4, -0.2) is 25.3 Å². The second kappa shape index (κ2) is 8.94.